The molecule has 2 nitrogen and oxygen atoms in total. The largest absolute Gasteiger partial charge is 0.241 e. The van der Waals surface area contributed by atoms with E-state index in [0.29, 0.717) is 11.8 Å². The van der Waals surface area contributed by atoms with Gasteiger partial charge in [0.15, 0.2) is 0 Å². The maximum atomic E-state index is 4.42. The summed E-state index contributed by atoms with van der Waals surface area (Å²) in [5.74, 6) is 3.00. The molecule has 0 fully saturated rings. The molecule has 0 aliphatic carbocycles. The number of nitrogens with zero attached hydrogens (tertiary/aromatic N) is 2. The minimum absolute atomic E-state index is 0.519. The Balaban J connectivity index is 2.36. The third-order valence-electron chi connectivity index (χ3n) is 3.52. The van der Waals surface area contributed by atoms with Crippen molar-refractivity contribution >= 4 is 0 Å². The van der Waals surface area contributed by atoms with Gasteiger partial charge in [-0.1, -0.05) is 53.4 Å². The highest BCUT2D eigenvalue weighted by Gasteiger charge is 2.17. The predicted molar refractivity (Wildman–Crippen MR) is 77.5 cm³/mol. The molecule has 1 rings (SSSR count). The van der Waals surface area contributed by atoms with Crippen LogP contribution in [0.2, 0.25) is 0 Å². The second-order valence-electron chi connectivity index (χ2n) is 5.99. The van der Waals surface area contributed by atoms with Gasteiger partial charge in [0, 0.05) is 18.3 Å². The van der Waals surface area contributed by atoms with Crippen LogP contribution in [0.15, 0.2) is 18.5 Å². The van der Waals surface area contributed by atoms with Gasteiger partial charge in [0.25, 0.3) is 0 Å². The summed E-state index contributed by atoms with van der Waals surface area (Å²) in [4.78, 5) is 8.83. The molecule has 0 bridgehead atoms. The van der Waals surface area contributed by atoms with Gasteiger partial charge in [0.1, 0.15) is 5.82 Å². The van der Waals surface area contributed by atoms with E-state index >= 15 is 0 Å². The van der Waals surface area contributed by atoms with Crippen molar-refractivity contribution < 1.29 is 0 Å². The number of hydrogen-bond acceptors (Lipinski definition) is 2. The first kappa shape index (κ1) is 15.1. The molecule has 1 heterocycles. The normalized spacial score (nSPS) is 13.2. The first-order valence-electron chi connectivity index (χ1n) is 7.38. The van der Waals surface area contributed by atoms with Crippen LogP contribution in [0.4, 0.5) is 0 Å². The van der Waals surface area contributed by atoms with Crippen molar-refractivity contribution in [1.29, 1.82) is 0 Å². The fourth-order valence-corrected chi connectivity index (χ4v) is 2.36. The smallest absolute Gasteiger partial charge is 0.131 e. The van der Waals surface area contributed by atoms with Gasteiger partial charge >= 0.3 is 0 Å². The van der Waals surface area contributed by atoms with Crippen LogP contribution in [0.3, 0.4) is 0 Å². The fourth-order valence-electron chi connectivity index (χ4n) is 2.36. The highest BCUT2D eigenvalue weighted by Crippen LogP contribution is 2.27. The third kappa shape index (κ3) is 5.61. The van der Waals surface area contributed by atoms with Crippen molar-refractivity contribution in [1.82, 2.24) is 9.97 Å². The molecule has 102 valence electrons. The number of unbranched alkanes of at least 4 members (excludes halogenated alkanes) is 2. The first-order valence-corrected chi connectivity index (χ1v) is 7.38. The molecule has 0 saturated carbocycles. The Hall–Kier alpha value is -0.920. The van der Waals surface area contributed by atoms with Crippen molar-refractivity contribution in [2.75, 3.05) is 0 Å². The van der Waals surface area contributed by atoms with Gasteiger partial charge < -0.3 is 0 Å². The van der Waals surface area contributed by atoms with Crippen LogP contribution < -0.4 is 0 Å². The first-order chi connectivity index (χ1) is 8.61. The van der Waals surface area contributed by atoms with Gasteiger partial charge in [-0.15, -0.1) is 0 Å². The van der Waals surface area contributed by atoms with E-state index in [4.69, 9.17) is 0 Å². The van der Waals surface area contributed by atoms with E-state index in [0.717, 1.165) is 11.7 Å². The summed E-state index contributed by atoms with van der Waals surface area (Å²) in [6.45, 7) is 9.15. The molecule has 0 spiro atoms. The van der Waals surface area contributed by atoms with Crippen molar-refractivity contribution in [2.45, 2.75) is 65.7 Å². The van der Waals surface area contributed by atoms with Crippen molar-refractivity contribution in [3.05, 3.63) is 24.3 Å². The summed E-state index contributed by atoms with van der Waals surface area (Å²) in [5, 5.41) is 0. The monoisotopic (exact) mass is 248 g/mol. The van der Waals surface area contributed by atoms with Gasteiger partial charge in [-0.3, -0.25) is 0 Å². The molecule has 18 heavy (non-hydrogen) atoms. The predicted octanol–water partition coefficient (Wildman–Crippen LogP) is 4.82. The van der Waals surface area contributed by atoms with E-state index in [-0.39, 0.29) is 0 Å². The summed E-state index contributed by atoms with van der Waals surface area (Å²) in [7, 11) is 0. The van der Waals surface area contributed by atoms with Crippen LogP contribution in [-0.2, 0) is 0 Å². The molecular formula is C16H28N2. The molecule has 1 atom stereocenters. The van der Waals surface area contributed by atoms with E-state index in [1.165, 1.54) is 32.1 Å². The fraction of sp³-hybridized carbons (Fsp3) is 0.750. The lowest BCUT2D eigenvalue weighted by Crippen LogP contribution is -2.10. The molecule has 0 aliphatic rings. The molecule has 1 aromatic heterocycles. The minimum atomic E-state index is 0.519. The maximum Gasteiger partial charge on any atom is 0.131 e. The summed E-state index contributed by atoms with van der Waals surface area (Å²) >= 11 is 0. The number of aromatic nitrogens is 2. The lowest BCUT2D eigenvalue weighted by molar-refractivity contribution is 0.419. The van der Waals surface area contributed by atoms with Crippen LogP contribution >= 0.6 is 0 Å². The second kappa shape index (κ2) is 8.23. The Morgan fingerprint density at radius 2 is 1.50 bits per heavy atom. The molecular weight excluding hydrogens is 220 g/mol. The average Bonchev–Trinajstić information content (AvgIpc) is 2.34. The van der Waals surface area contributed by atoms with Crippen molar-refractivity contribution in [2.24, 2.45) is 11.8 Å². The van der Waals surface area contributed by atoms with Crippen LogP contribution in [0.1, 0.15) is 71.5 Å². The highest BCUT2D eigenvalue weighted by molar-refractivity contribution is 4.98. The molecule has 0 saturated heterocycles. The molecule has 0 N–H and O–H groups in total. The summed E-state index contributed by atoms with van der Waals surface area (Å²) in [6, 6.07) is 1.89. The molecule has 0 aromatic carbocycles. The van der Waals surface area contributed by atoms with E-state index < -0.39 is 0 Å². The summed E-state index contributed by atoms with van der Waals surface area (Å²) in [6.07, 6.45) is 10.3. The molecule has 1 aromatic rings. The lowest BCUT2D eigenvalue weighted by Gasteiger charge is -2.19. The Morgan fingerprint density at radius 3 is 2.06 bits per heavy atom. The van der Waals surface area contributed by atoms with Gasteiger partial charge in [-0.2, -0.15) is 0 Å². The highest BCUT2D eigenvalue weighted by atomic mass is 14.9. The Morgan fingerprint density at radius 1 is 0.889 bits per heavy atom. The average molecular weight is 248 g/mol. The minimum Gasteiger partial charge on any atom is -0.241 e. The number of hydrogen-bond donors (Lipinski definition) is 0. The number of rotatable bonds is 8. The SMILES string of the molecule is CC(C)CCCCCC(c1ncccn1)C(C)C. The maximum absolute atomic E-state index is 4.42. The zero-order chi connectivity index (χ0) is 13.4. The quantitative estimate of drug-likeness (QED) is 0.616. The van der Waals surface area contributed by atoms with Crippen LogP contribution in [0.5, 0.6) is 0 Å². The van der Waals surface area contributed by atoms with E-state index in [2.05, 4.69) is 37.7 Å². The third-order valence-corrected chi connectivity index (χ3v) is 3.52. The molecule has 2 heteroatoms. The van der Waals surface area contributed by atoms with Crippen molar-refractivity contribution in [3.8, 4) is 0 Å². The lowest BCUT2D eigenvalue weighted by atomic mass is 9.89. The van der Waals surface area contributed by atoms with E-state index in [1.807, 2.05) is 18.5 Å². The topological polar surface area (TPSA) is 25.8 Å². The summed E-state index contributed by atoms with van der Waals surface area (Å²) < 4.78 is 0. The Bertz CT molecular complexity index is 306. The van der Waals surface area contributed by atoms with E-state index in [1.54, 1.807) is 0 Å². The van der Waals surface area contributed by atoms with Gasteiger partial charge in [-0.05, 0) is 24.3 Å². The zero-order valence-electron chi connectivity index (χ0n) is 12.4. The second-order valence-corrected chi connectivity index (χ2v) is 5.99. The van der Waals surface area contributed by atoms with Gasteiger partial charge in [-0.25, -0.2) is 9.97 Å². The molecule has 1 unspecified atom stereocenters. The van der Waals surface area contributed by atoms with Crippen molar-refractivity contribution in [3.63, 3.8) is 0 Å². The van der Waals surface area contributed by atoms with Gasteiger partial charge in [0.2, 0.25) is 0 Å². The molecule has 0 aliphatic heterocycles. The Labute approximate surface area is 112 Å². The molecule has 0 radical (unpaired) electrons. The standard InChI is InChI=1S/C16H28N2/c1-13(2)9-6-5-7-10-15(14(3)4)16-17-11-8-12-18-16/h8,11-15H,5-7,9-10H2,1-4H3. The summed E-state index contributed by atoms with van der Waals surface area (Å²) in [5.41, 5.74) is 0. The molecule has 0 amide bonds. The van der Waals surface area contributed by atoms with E-state index in [9.17, 15) is 0 Å². The zero-order valence-corrected chi connectivity index (χ0v) is 12.4. The van der Waals surface area contributed by atoms with Gasteiger partial charge in [0.05, 0.1) is 0 Å². The van der Waals surface area contributed by atoms with Crippen LogP contribution in [0.25, 0.3) is 0 Å². The Kier molecular flexibility index (Phi) is 6.92. The van der Waals surface area contributed by atoms with Crippen LogP contribution in [0, 0.1) is 11.8 Å². The van der Waals surface area contributed by atoms with Crippen LogP contribution in [-0.4, -0.2) is 9.97 Å².